The van der Waals surface area contributed by atoms with Crippen molar-refractivity contribution >= 4 is 5.91 Å². The molecule has 0 spiro atoms. The van der Waals surface area contributed by atoms with Gasteiger partial charge in [-0.25, -0.2) is 0 Å². The van der Waals surface area contributed by atoms with Crippen LogP contribution in [0.25, 0.3) is 0 Å². The van der Waals surface area contributed by atoms with E-state index in [1.807, 2.05) is 0 Å². The van der Waals surface area contributed by atoms with Crippen molar-refractivity contribution in [3.63, 3.8) is 0 Å². The summed E-state index contributed by atoms with van der Waals surface area (Å²) in [6.45, 7) is 0.714. The molecule has 2 fully saturated rings. The molecule has 3 unspecified atom stereocenters. The lowest BCUT2D eigenvalue weighted by atomic mass is 9.59. The highest BCUT2D eigenvalue weighted by Crippen LogP contribution is 2.58. The largest absolute Gasteiger partial charge is 0.497 e. The minimum atomic E-state index is 0.0000992. The van der Waals surface area contributed by atoms with Gasteiger partial charge < -0.3 is 9.64 Å². The Morgan fingerprint density at radius 2 is 1.59 bits per heavy atom. The number of carbonyl (C=O) groups excluding carboxylic acids is 1. The molecule has 3 aromatic rings. The van der Waals surface area contributed by atoms with Gasteiger partial charge in [0.2, 0.25) is 5.91 Å². The quantitative estimate of drug-likeness (QED) is 0.451. The van der Waals surface area contributed by atoms with Gasteiger partial charge in [0, 0.05) is 18.5 Å². The molecule has 5 atom stereocenters. The van der Waals surface area contributed by atoms with Gasteiger partial charge in [0.05, 0.1) is 13.0 Å². The Morgan fingerprint density at radius 1 is 0.853 bits per heavy atom. The molecule has 3 aliphatic rings. The summed E-state index contributed by atoms with van der Waals surface area (Å²) in [7, 11) is 1.75. The molecule has 0 bridgehead atoms. The zero-order chi connectivity index (χ0) is 23.1. The Balaban J connectivity index is 1.51. The number of methoxy groups -OCH3 is 1. The Hall–Kier alpha value is -3.07. The maximum Gasteiger partial charge on any atom is 0.227 e. The van der Waals surface area contributed by atoms with Crippen LogP contribution in [-0.2, 0) is 11.3 Å². The van der Waals surface area contributed by atoms with Crippen LogP contribution in [0.2, 0.25) is 0 Å². The fourth-order valence-electron chi connectivity index (χ4n) is 7.15. The number of ether oxygens (including phenoxy) is 1. The van der Waals surface area contributed by atoms with E-state index in [1.54, 1.807) is 7.11 Å². The molecular formula is C31H33NO2. The fraction of sp³-hybridized carbons (Fsp3) is 0.387. The van der Waals surface area contributed by atoms with Crippen LogP contribution in [0.5, 0.6) is 5.75 Å². The molecule has 1 heterocycles. The van der Waals surface area contributed by atoms with Crippen LogP contribution in [0.3, 0.4) is 0 Å². The molecule has 3 heteroatoms. The molecule has 6 rings (SSSR count). The number of hydrogen-bond acceptors (Lipinski definition) is 2. The molecule has 2 aliphatic carbocycles. The molecule has 0 radical (unpaired) electrons. The van der Waals surface area contributed by atoms with Gasteiger partial charge in [-0.05, 0) is 59.1 Å². The number of carbonyl (C=O) groups is 1. The predicted octanol–water partition coefficient (Wildman–Crippen LogP) is 6.53. The van der Waals surface area contributed by atoms with E-state index in [-0.39, 0.29) is 11.8 Å². The number of benzene rings is 3. The third kappa shape index (κ3) is 3.53. The first-order chi connectivity index (χ1) is 16.8. The first-order valence-electron chi connectivity index (χ1n) is 12.8. The van der Waals surface area contributed by atoms with Crippen LogP contribution in [-0.4, -0.2) is 24.0 Å². The Morgan fingerprint density at radius 3 is 2.35 bits per heavy atom. The molecule has 34 heavy (non-hydrogen) atoms. The monoisotopic (exact) mass is 451 g/mol. The van der Waals surface area contributed by atoms with Crippen LogP contribution >= 0.6 is 0 Å². The highest BCUT2D eigenvalue weighted by atomic mass is 16.5. The van der Waals surface area contributed by atoms with Crippen molar-refractivity contribution in [2.24, 2.45) is 11.8 Å². The summed E-state index contributed by atoms with van der Waals surface area (Å²) in [6, 6.07) is 28.1. The third-order valence-corrected chi connectivity index (χ3v) is 8.55. The summed E-state index contributed by atoms with van der Waals surface area (Å²) in [4.78, 5) is 16.6. The summed E-state index contributed by atoms with van der Waals surface area (Å²) in [6.07, 6.45) is 5.96. The molecule has 3 aromatic carbocycles. The molecule has 1 saturated carbocycles. The van der Waals surface area contributed by atoms with E-state index in [1.165, 1.54) is 41.5 Å². The van der Waals surface area contributed by atoms with Gasteiger partial charge >= 0.3 is 0 Å². The van der Waals surface area contributed by atoms with Crippen LogP contribution in [0.4, 0.5) is 0 Å². The van der Waals surface area contributed by atoms with E-state index in [2.05, 4.69) is 83.8 Å². The van der Waals surface area contributed by atoms with Gasteiger partial charge in [0.15, 0.2) is 0 Å². The van der Waals surface area contributed by atoms with Gasteiger partial charge in [-0.15, -0.1) is 0 Å². The van der Waals surface area contributed by atoms with E-state index >= 15 is 0 Å². The molecular weight excluding hydrogens is 418 g/mol. The second kappa shape index (κ2) is 8.94. The van der Waals surface area contributed by atoms with E-state index < -0.39 is 0 Å². The first kappa shape index (κ1) is 21.5. The molecule has 174 valence electrons. The maximum atomic E-state index is 14.3. The number of likely N-dealkylation sites (tertiary alicyclic amines) is 1. The highest BCUT2D eigenvalue weighted by Gasteiger charge is 2.57. The van der Waals surface area contributed by atoms with Crippen LogP contribution in [0.15, 0.2) is 78.9 Å². The minimum absolute atomic E-state index is 0.0000992. The summed E-state index contributed by atoms with van der Waals surface area (Å²) in [5.41, 5.74) is 5.22. The van der Waals surface area contributed by atoms with Crippen LogP contribution in [0, 0.1) is 11.8 Å². The summed E-state index contributed by atoms with van der Waals surface area (Å²) < 4.78 is 5.67. The number of rotatable bonds is 4. The van der Waals surface area contributed by atoms with Crippen molar-refractivity contribution in [1.82, 2.24) is 4.90 Å². The van der Waals surface area contributed by atoms with E-state index in [0.29, 0.717) is 30.3 Å². The Kier molecular flexibility index (Phi) is 5.64. The van der Waals surface area contributed by atoms with Gasteiger partial charge in [0.25, 0.3) is 0 Å². The predicted molar refractivity (Wildman–Crippen MR) is 135 cm³/mol. The summed E-state index contributed by atoms with van der Waals surface area (Å²) >= 11 is 0. The lowest BCUT2D eigenvalue weighted by Crippen LogP contribution is -2.39. The zero-order valence-electron chi connectivity index (χ0n) is 19.9. The minimum Gasteiger partial charge on any atom is -0.497 e. The molecule has 1 amide bonds. The van der Waals surface area contributed by atoms with Crippen molar-refractivity contribution in [2.45, 2.75) is 56.5 Å². The van der Waals surface area contributed by atoms with Crippen molar-refractivity contribution < 1.29 is 9.53 Å². The smallest absolute Gasteiger partial charge is 0.227 e. The number of amides is 1. The zero-order valence-corrected chi connectivity index (χ0v) is 19.9. The normalized spacial score (nSPS) is 28.0. The first-order valence-corrected chi connectivity index (χ1v) is 12.8. The standard InChI is InChI=1S/C31H33NO2/c1-34-23-17-18-25-26(19-23)24-15-9-4-10-16-27-29(24)30(28(25)22-13-7-3-8-14-22)31(33)32(27)20-21-11-5-2-6-12-21/h2-3,5-8,11-14,17-19,24,27-30H,4,9-10,15-16,20H2,1H3/t24-,27?,28+,29?,30?/m1/s1. The van der Waals surface area contributed by atoms with E-state index in [4.69, 9.17) is 4.74 Å². The Bertz CT molecular complexity index is 1160. The van der Waals surface area contributed by atoms with Crippen LogP contribution < -0.4 is 4.74 Å². The van der Waals surface area contributed by atoms with Crippen molar-refractivity contribution in [1.29, 1.82) is 0 Å². The van der Waals surface area contributed by atoms with Gasteiger partial charge in [-0.3, -0.25) is 4.79 Å². The second-order valence-electron chi connectivity index (χ2n) is 10.2. The SMILES string of the molecule is COc1ccc2c(c1)[C@H]1CCCCCC3C1C(C(=O)N3Cc1ccccc1)[C@H]2c1ccccc1. The topological polar surface area (TPSA) is 29.5 Å². The van der Waals surface area contributed by atoms with Gasteiger partial charge in [0.1, 0.15) is 5.75 Å². The third-order valence-electron chi connectivity index (χ3n) is 8.55. The number of hydrogen-bond donors (Lipinski definition) is 0. The average molecular weight is 452 g/mol. The lowest BCUT2D eigenvalue weighted by molar-refractivity contribution is -0.133. The molecule has 0 aromatic heterocycles. The van der Waals surface area contributed by atoms with Gasteiger partial charge in [-0.1, -0.05) is 86.0 Å². The molecule has 0 N–H and O–H groups in total. The van der Waals surface area contributed by atoms with Crippen molar-refractivity contribution in [2.75, 3.05) is 7.11 Å². The molecule has 3 nitrogen and oxygen atoms in total. The second-order valence-corrected chi connectivity index (χ2v) is 10.2. The number of nitrogens with zero attached hydrogens (tertiary/aromatic N) is 1. The summed E-state index contributed by atoms with van der Waals surface area (Å²) in [5, 5.41) is 0. The van der Waals surface area contributed by atoms with Gasteiger partial charge in [-0.2, -0.15) is 0 Å². The Labute approximate surface area is 202 Å². The fourth-order valence-corrected chi connectivity index (χ4v) is 7.15. The molecule has 1 aliphatic heterocycles. The highest BCUT2D eigenvalue weighted by molar-refractivity contribution is 5.85. The van der Waals surface area contributed by atoms with Crippen molar-refractivity contribution in [3.8, 4) is 5.75 Å². The van der Waals surface area contributed by atoms with Crippen molar-refractivity contribution in [3.05, 3.63) is 101 Å². The average Bonchev–Trinajstić information content (AvgIpc) is 3.13. The van der Waals surface area contributed by atoms with Crippen LogP contribution in [0.1, 0.15) is 66.2 Å². The number of fused-ring (bicyclic) bond motifs is 2. The van der Waals surface area contributed by atoms with E-state index in [0.717, 1.165) is 18.6 Å². The maximum absolute atomic E-state index is 14.3. The summed E-state index contributed by atoms with van der Waals surface area (Å²) in [5.74, 6) is 2.12. The lowest BCUT2D eigenvalue weighted by Gasteiger charge is -2.43. The molecule has 1 saturated heterocycles. The van der Waals surface area contributed by atoms with E-state index in [9.17, 15) is 4.79 Å².